The molecule has 1 aliphatic rings. The molecule has 1 fully saturated rings. The van der Waals surface area contributed by atoms with Gasteiger partial charge in [-0.05, 0) is 49.4 Å². The molecule has 31 heavy (non-hydrogen) atoms. The van der Waals surface area contributed by atoms with Gasteiger partial charge in [-0.25, -0.2) is 0 Å². The normalized spacial score (nSPS) is 15.2. The molecular formula is C25H30N4O2. The molecule has 0 bridgehead atoms. The van der Waals surface area contributed by atoms with Crippen LogP contribution in [0.15, 0.2) is 48.5 Å². The number of fused-ring (bicyclic) bond motifs is 1. The molecule has 0 radical (unpaired) electrons. The number of aryl methyl sites for hydroxylation is 1. The summed E-state index contributed by atoms with van der Waals surface area (Å²) >= 11 is 0. The largest absolute Gasteiger partial charge is 0.497 e. The van der Waals surface area contributed by atoms with Gasteiger partial charge in [-0.1, -0.05) is 19.1 Å². The maximum Gasteiger partial charge on any atom is 0.257 e. The number of nitrogens with zero attached hydrogens (tertiary/aromatic N) is 3. The molecule has 1 N–H and O–H groups in total. The summed E-state index contributed by atoms with van der Waals surface area (Å²) in [5, 5.41) is 3.92. The van der Waals surface area contributed by atoms with Gasteiger partial charge in [0.2, 0.25) is 0 Å². The highest BCUT2D eigenvalue weighted by atomic mass is 16.5. The van der Waals surface area contributed by atoms with Gasteiger partial charge >= 0.3 is 0 Å². The van der Waals surface area contributed by atoms with Crippen molar-refractivity contribution in [3.05, 3.63) is 65.4 Å². The lowest BCUT2D eigenvalue weighted by Crippen LogP contribution is -2.45. The smallest absolute Gasteiger partial charge is 0.257 e. The van der Waals surface area contributed by atoms with Gasteiger partial charge in [-0.15, -0.1) is 0 Å². The molecule has 162 valence electrons. The molecule has 3 aromatic rings. The van der Waals surface area contributed by atoms with Crippen LogP contribution in [0.25, 0.3) is 10.9 Å². The van der Waals surface area contributed by atoms with E-state index in [0.717, 1.165) is 61.6 Å². The highest BCUT2D eigenvalue weighted by Gasteiger charge is 2.16. The van der Waals surface area contributed by atoms with Crippen LogP contribution in [0.1, 0.15) is 28.5 Å². The van der Waals surface area contributed by atoms with Crippen LogP contribution in [0.4, 0.5) is 5.69 Å². The van der Waals surface area contributed by atoms with E-state index in [1.54, 1.807) is 7.11 Å². The molecule has 2 heterocycles. The van der Waals surface area contributed by atoms with Crippen molar-refractivity contribution in [3.8, 4) is 5.75 Å². The van der Waals surface area contributed by atoms with Gasteiger partial charge in [-0.3, -0.25) is 14.7 Å². The Morgan fingerprint density at radius 2 is 1.74 bits per heavy atom. The van der Waals surface area contributed by atoms with E-state index < -0.39 is 0 Å². The van der Waals surface area contributed by atoms with Gasteiger partial charge < -0.3 is 15.0 Å². The van der Waals surface area contributed by atoms with Crippen molar-refractivity contribution in [3.63, 3.8) is 0 Å². The third kappa shape index (κ3) is 5.03. The lowest BCUT2D eigenvalue weighted by Gasteiger charge is -2.34. The molecule has 1 amide bonds. The van der Waals surface area contributed by atoms with Crippen molar-refractivity contribution in [2.24, 2.45) is 0 Å². The number of aromatic nitrogens is 1. The molecule has 6 nitrogen and oxygen atoms in total. The van der Waals surface area contributed by atoms with Crippen LogP contribution in [0.5, 0.6) is 5.75 Å². The number of amides is 1. The second kappa shape index (κ2) is 9.45. The number of carbonyl (C=O) groups is 1. The Labute approximate surface area is 183 Å². The average molecular weight is 419 g/mol. The number of methoxy groups -OCH3 is 1. The summed E-state index contributed by atoms with van der Waals surface area (Å²) in [7, 11) is 1.63. The van der Waals surface area contributed by atoms with E-state index in [0.29, 0.717) is 11.3 Å². The van der Waals surface area contributed by atoms with Crippen molar-refractivity contribution < 1.29 is 9.53 Å². The fourth-order valence-corrected chi connectivity index (χ4v) is 4.01. The van der Waals surface area contributed by atoms with Crippen LogP contribution in [-0.4, -0.2) is 60.5 Å². The number of likely N-dealkylation sites (N-methyl/N-ethyl adjacent to an activating group) is 1. The maximum atomic E-state index is 12.9. The first-order valence-corrected chi connectivity index (χ1v) is 10.9. The minimum absolute atomic E-state index is 0.147. The number of carbonyl (C=O) groups excluding carboxylic acids is 1. The molecule has 4 rings (SSSR count). The number of pyridine rings is 1. The molecular weight excluding hydrogens is 388 g/mol. The van der Waals surface area contributed by atoms with Gasteiger partial charge in [0.1, 0.15) is 5.75 Å². The number of piperazine rings is 1. The second-order valence-electron chi connectivity index (χ2n) is 8.04. The lowest BCUT2D eigenvalue weighted by atomic mass is 10.1. The monoisotopic (exact) mass is 418 g/mol. The van der Waals surface area contributed by atoms with Gasteiger partial charge in [-0.2, -0.15) is 0 Å². The fraction of sp³-hybridized carbons (Fsp3) is 0.360. The van der Waals surface area contributed by atoms with Crippen LogP contribution >= 0.6 is 0 Å². The fourth-order valence-electron chi connectivity index (χ4n) is 4.01. The molecule has 1 saturated heterocycles. The number of rotatable bonds is 6. The van der Waals surface area contributed by atoms with E-state index in [1.165, 1.54) is 5.56 Å². The molecule has 0 aliphatic carbocycles. The standard InChI is InChI=1S/C25H30N4O2/c1-4-28-11-13-29(14-12-28)17-19-5-8-21(9-6-19)27-25(30)23-15-20-7-10-22(31-3)16-24(20)26-18(23)2/h5-10,15-16H,4,11-14,17H2,1-3H3,(H,27,30). The quantitative estimate of drug-likeness (QED) is 0.657. The third-order valence-corrected chi connectivity index (χ3v) is 5.99. The molecule has 1 aliphatic heterocycles. The molecule has 2 aromatic carbocycles. The first-order chi connectivity index (χ1) is 15.1. The summed E-state index contributed by atoms with van der Waals surface area (Å²) in [6, 6.07) is 15.7. The van der Waals surface area contributed by atoms with Crippen molar-refractivity contribution in [2.75, 3.05) is 45.2 Å². The zero-order chi connectivity index (χ0) is 21.8. The Bertz CT molecular complexity index is 1060. The Kier molecular flexibility index (Phi) is 6.49. The Morgan fingerprint density at radius 3 is 2.42 bits per heavy atom. The van der Waals surface area contributed by atoms with Gasteiger partial charge in [0, 0.05) is 49.9 Å². The van der Waals surface area contributed by atoms with Crippen LogP contribution < -0.4 is 10.1 Å². The van der Waals surface area contributed by atoms with E-state index in [1.807, 2.05) is 43.3 Å². The van der Waals surface area contributed by atoms with Gasteiger partial charge in [0.05, 0.1) is 23.9 Å². The maximum absolute atomic E-state index is 12.9. The summed E-state index contributed by atoms with van der Waals surface area (Å²) in [4.78, 5) is 22.4. The average Bonchev–Trinajstić information content (AvgIpc) is 2.80. The van der Waals surface area contributed by atoms with E-state index in [9.17, 15) is 4.79 Å². The highest BCUT2D eigenvalue weighted by Crippen LogP contribution is 2.22. The molecule has 0 atom stereocenters. The second-order valence-corrected chi connectivity index (χ2v) is 8.04. The summed E-state index contributed by atoms with van der Waals surface area (Å²) in [6.45, 7) is 10.6. The van der Waals surface area contributed by atoms with Crippen molar-refractivity contribution in [1.82, 2.24) is 14.8 Å². The molecule has 0 unspecified atom stereocenters. The van der Waals surface area contributed by atoms with Crippen LogP contribution in [0.3, 0.4) is 0 Å². The SMILES string of the molecule is CCN1CCN(Cc2ccc(NC(=O)c3cc4ccc(OC)cc4nc3C)cc2)CC1. The Balaban J connectivity index is 1.41. The molecule has 0 saturated carbocycles. The van der Waals surface area contributed by atoms with Gasteiger partial charge in [0.25, 0.3) is 5.91 Å². The first kappa shape index (κ1) is 21.3. The predicted octanol–water partition coefficient (Wildman–Crippen LogP) is 3.94. The highest BCUT2D eigenvalue weighted by molar-refractivity contribution is 6.06. The third-order valence-electron chi connectivity index (χ3n) is 5.99. The summed E-state index contributed by atoms with van der Waals surface area (Å²) in [6.07, 6.45) is 0. The summed E-state index contributed by atoms with van der Waals surface area (Å²) in [5.74, 6) is 0.607. The Hall–Kier alpha value is -2.96. The summed E-state index contributed by atoms with van der Waals surface area (Å²) in [5.41, 5.74) is 4.15. The van der Waals surface area contributed by atoms with E-state index >= 15 is 0 Å². The van der Waals surface area contributed by atoms with E-state index in [2.05, 4.69) is 39.2 Å². The van der Waals surface area contributed by atoms with Crippen molar-refractivity contribution >= 4 is 22.5 Å². The van der Waals surface area contributed by atoms with Crippen molar-refractivity contribution in [1.29, 1.82) is 0 Å². The predicted molar refractivity (Wildman–Crippen MR) is 125 cm³/mol. The van der Waals surface area contributed by atoms with Crippen molar-refractivity contribution in [2.45, 2.75) is 20.4 Å². The van der Waals surface area contributed by atoms with E-state index in [4.69, 9.17) is 4.74 Å². The number of anilines is 1. The minimum atomic E-state index is -0.147. The number of ether oxygens (including phenoxy) is 1. The topological polar surface area (TPSA) is 57.7 Å². The number of benzene rings is 2. The van der Waals surface area contributed by atoms with Crippen LogP contribution in [-0.2, 0) is 6.54 Å². The molecule has 1 aromatic heterocycles. The Morgan fingerprint density at radius 1 is 1.03 bits per heavy atom. The number of hydrogen-bond donors (Lipinski definition) is 1. The molecule has 6 heteroatoms. The zero-order valence-corrected chi connectivity index (χ0v) is 18.5. The van der Waals surface area contributed by atoms with Crippen LogP contribution in [0.2, 0.25) is 0 Å². The summed E-state index contributed by atoms with van der Waals surface area (Å²) < 4.78 is 5.26. The number of nitrogens with one attached hydrogen (secondary N) is 1. The van der Waals surface area contributed by atoms with Gasteiger partial charge in [0.15, 0.2) is 0 Å². The van der Waals surface area contributed by atoms with Crippen LogP contribution in [0, 0.1) is 6.92 Å². The zero-order valence-electron chi connectivity index (χ0n) is 18.5. The lowest BCUT2D eigenvalue weighted by molar-refractivity contribution is 0.102. The van der Waals surface area contributed by atoms with E-state index in [-0.39, 0.29) is 5.91 Å². The minimum Gasteiger partial charge on any atom is -0.497 e. The number of hydrogen-bond acceptors (Lipinski definition) is 5. The molecule has 0 spiro atoms. The first-order valence-electron chi connectivity index (χ1n) is 10.9.